The van der Waals surface area contributed by atoms with Crippen LogP contribution in [0.5, 0.6) is 0 Å². The van der Waals surface area contributed by atoms with Crippen LogP contribution in [0.15, 0.2) is 54.7 Å². The minimum Gasteiger partial charge on any atom is -0.305 e. The third kappa shape index (κ3) is 2.97. The highest BCUT2D eigenvalue weighted by Gasteiger charge is 2.11. The second kappa shape index (κ2) is 5.58. The second-order valence-electron chi connectivity index (χ2n) is 4.71. The molecule has 0 spiro atoms. The molecule has 0 fully saturated rings. The molecule has 0 saturated carbocycles. The molecule has 5 nitrogen and oxygen atoms in total. The molecule has 0 bridgehead atoms. The van der Waals surface area contributed by atoms with Gasteiger partial charge in [0.25, 0.3) is 5.91 Å². The summed E-state index contributed by atoms with van der Waals surface area (Å²) in [5.41, 5.74) is 3.14. The average Bonchev–Trinajstić information content (AvgIpc) is 3.00. The quantitative estimate of drug-likeness (QED) is 0.773. The number of nitrogens with one attached hydrogen (secondary N) is 2. The molecular formula is C16H14N4O. The van der Waals surface area contributed by atoms with Crippen LogP contribution in [-0.4, -0.2) is 21.1 Å². The molecule has 2 N–H and O–H groups in total. The number of aryl methyl sites for hydroxylation is 1. The number of nitrogens with zero attached hydrogens (tertiary/aromatic N) is 2. The molecule has 0 saturated heterocycles. The van der Waals surface area contributed by atoms with E-state index in [0.717, 1.165) is 16.8 Å². The van der Waals surface area contributed by atoms with Gasteiger partial charge in [0.15, 0.2) is 0 Å². The van der Waals surface area contributed by atoms with Crippen molar-refractivity contribution in [3.63, 3.8) is 0 Å². The summed E-state index contributed by atoms with van der Waals surface area (Å²) in [6, 6.07) is 15.1. The van der Waals surface area contributed by atoms with E-state index in [4.69, 9.17) is 0 Å². The van der Waals surface area contributed by atoms with E-state index in [2.05, 4.69) is 20.5 Å². The van der Waals surface area contributed by atoms with Crippen molar-refractivity contribution in [3.05, 3.63) is 66.0 Å². The molecule has 0 aliphatic heterocycles. The van der Waals surface area contributed by atoms with Gasteiger partial charge in [-0.3, -0.25) is 9.89 Å². The molecule has 0 aliphatic carbocycles. The highest BCUT2D eigenvalue weighted by Crippen LogP contribution is 2.17. The lowest BCUT2D eigenvalue weighted by Crippen LogP contribution is -2.13. The summed E-state index contributed by atoms with van der Waals surface area (Å²) < 4.78 is 0. The van der Waals surface area contributed by atoms with Crippen molar-refractivity contribution in [2.24, 2.45) is 0 Å². The molecule has 0 aliphatic rings. The molecule has 3 rings (SSSR count). The van der Waals surface area contributed by atoms with Crippen molar-refractivity contribution in [3.8, 4) is 11.3 Å². The maximum atomic E-state index is 12.1. The van der Waals surface area contributed by atoms with Crippen LogP contribution in [0.3, 0.4) is 0 Å². The van der Waals surface area contributed by atoms with E-state index in [9.17, 15) is 4.79 Å². The highest BCUT2D eigenvalue weighted by molar-refractivity contribution is 6.02. The summed E-state index contributed by atoms with van der Waals surface area (Å²) in [6.45, 7) is 1.94. The van der Waals surface area contributed by atoms with E-state index < -0.39 is 0 Å². The SMILES string of the molecule is Cc1ccc(NC(=O)c2cc(-c3ccccc3)n[nH]2)nc1. The van der Waals surface area contributed by atoms with Gasteiger partial charge in [-0.25, -0.2) is 4.98 Å². The number of hydrogen-bond acceptors (Lipinski definition) is 3. The molecule has 1 amide bonds. The Morgan fingerprint density at radius 3 is 2.67 bits per heavy atom. The fraction of sp³-hybridized carbons (Fsp3) is 0.0625. The van der Waals surface area contributed by atoms with Crippen LogP contribution in [0.4, 0.5) is 5.82 Å². The Kier molecular flexibility index (Phi) is 3.47. The number of hydrogen-bond donors (Lipinski definition) is 2. The van der Waals surface area contributed by atoms with Gasteiger partial charge in [-0.2, -0.15) is 5.10 Å². The fourth-order valence-corrected chi connectivity index (χ4v) is 1.92. The Morgan fingerprint density at radius 1 is 1.14 bits per heavy atom. The van der Waals surface area contributed by atoms with Gasteiger partial charge in [0.1, 0.15) is 11.5 Å². The summed E-state index contributed by atoms with van der Waals surface area (Å²) >= 11 is 0. The van der Waals surface area contributed by atoms with E-state index in [1.54, 1.807) is 18.3 Å². The van der Waals surface area contributed by atoms with Crippen LogP contribution in [0, 0.1) is 6.92 Å². The number of anilines is 1. The van der Waals surface area contributed by atoms with Crippen molar-refractivity contribution in [2.75, 3.05) is 5.32 Å². The zero-order valence-corrected chi connectivity index (χ0v) is 11.5. The van der Waals surface area contributed by atoms with Crippen molar-refractivity contribution in [1.82, 2.24) is 15.2 Å². The highest BCUT2D eigenvalue weighted by atomic mass is 16.2. The lowest BCUT2D eigenvalue weighted by Gasteiger charge is -2.02. The number of carbonyl (C=O) groups excluding carboxylic acids is 1. The molecule has 0 radical (unpaired) electrons. The molecular weight excluding hydrogens is 264 g/mol. The molecule has 1 aromatic carbocycles. The maximum absolute atomic E-state index is 12.1. The van der Waals surface area contributed by atoms with E-state index in [0.29, 0.717) is 11.5 Å². The minimum atomic E-state index is -0.263. The number of benzene rings is 1. The zero-order chi connectivity index (χ0) is 14.7. The first-order valence-electron chi connectivity index (χ1n) is 6.57. The average molecular weight is 278 g/mol. The molecule has 2 aromatic heterocycles. The largest absolute Gasteiger partial charge is 0.305 e. The lowest BCUT2D eigenvalue weighted by molar-refractivity contribution is 0.102. The lowest BCUT2D eigenvalue weighted by atomic mass is 10.1. The minimum absolute atomic E-state index is 0.263. The van der Waals surface area contributed by atoms with Crippen molar-refractivity contribution in [1.29, 1.82) is 0 Å². The van der Waals surface area contributed by atoms with Gasteiger partial charge in [0.05, 0.1) is 5.69 Å². The Hall–Kier alpha value is -2.95. The summed E-state index contributed by atoms with van der Waals surface area (Å²) in [5.74, 6) is 0.252. The molecule has 5 heteroatoms. The number of carbonyl (C=O) groups is 1. The number of aromatic amines is 1. The number of pyridine rings is 1. The van der Waals surface area contributed by atoms with Crippen LogP contribution in [0.1, 0.15) is 16.1 Å². The number of H-pyrrole nitrogens is 1. The van der Waals surface area contributed by atoms with Crippen molar-refractivity contribution in [2.45, 2.75) is 6.92 Å². The van der Waals surface area contributed by atoms with Gasteiger partial charge in [-0.15, -0.1) is 0 Å². The summed E-state index contributed by atoms with van der Waals surface area (Å²) in [6.07, 6.45) is 1.71. The predicted molar refractivity (Wildman–Crippen MR) is 81.0 cm³/mol. The molecule has 21 heavy (non-hydrogen) atoms. The van der Waals surface area contributed by atoms with Gasteiger partial charge < -0.3 is 5.32 Å². The van der Waals surface area contributed by atoms with Crippen LogP contribution in [0.2, 0.25) is 0 Å². The monoisotopic (exact) mass is 278 g/mol. The van der Waals surface area contributed by atoms with Gasteiger partial charge >= 0.3 is 0 Å². The van der Waals surface area contributed by atoms with E-state index in [1.807, 2.05) is 43.3 Å². The predicted octanol–water partition coefficient (Wildman–Crippen LogP) is 3.03. The van der Waals surface area contributed by atoms with E-state index in [1.165, 1.54) is 0 Å². The van der Waals surface area contributed by atoms with Crippen LogP contribution in [-0.2, 0) is 0 Å². The standard InChI is InChI=1S/C16H14N4O/c1-11-7-8-15(17-10-11)18-16(21)14-9-13(19-20-14)12-5-3-2-4-6-12/h2-10H,1H3,(H,19,20)(H,17,18,21). The van der Waals surface area contributed by atoms with Gasteiger partial charge in [-0.1, -0.05) is 36.4 Å². The first kappa shape index (κ1) is 13.1. The number of aromatic nitrogens is 3. The van der Waals surface area contributed by atoms with Gasteiger partial charge in [0, 0.05) is 11.8 Å². The zero-order valence-electron chi connectivity index (χ0n) is 11.5. The van der Waals surface area contributed by atoms with Crippen LogP contribution < -0.4 is 5.32 Å². The summed E-state index contributed by atoms with van der Waals surface area (Å²) in [7, 11) is 0. The van der Waals surface area contributed by atoms with Crippen LogP contribution in [0.25, 0.3) is 11.3 Å². The second-order valence-corrected chi connectivity index (χ2v) is 4.71. The van der Waals surface area contributed by atoms with Gasteiger partial charge in [-0.05, 0) is 24.6 Å². The molecule has 0 atom stereocenters. The number of amides is 1. The topological polar surface area (TPSA) is 70.7 Å². The first-order chi connectivity index (χ1) is 10.2. The maximum Gasteiger partial charge on any atom is 0.274 e. The fourth-order valence-electron chi connectivity index (χ4n) is 1.92. The summed E-state index contributed by atoms with van der Waals surface area (Å²) in [4.78, 5) is 16.3. The molecule has 104 valence electrons. The van der Waals surface area contributed by atoms with Crippen molar-refractivity contribution >= 4 is 11.7 Å². The Balaban J connectivity index is 1.77. The Labute approximate surface area is 122 Å². The molecule has 2 heterocycles. The van der Waals surface area contributed by atoms with Crippen molar-refractivity contribution < 1.29 is 4.79 Å². The third-order valence-electron chi connectivity index (χ3n) is 3.05. The Morgan fingerprint density at radius 2 is 1.95 bits per heavy atom. The number of rotatable bonds is 3. The Bertz CT molecular complexity index is 747. The van der Waals surface area contributed by atoms with E-state index in [-0.39, 0.29) is 5.91 Å². The summed E-state index contributed by atoms with van der Waals surface area (Å²) in [5, 5.41) is 9.63. The normalized spacial score (nSPS) is 10.3. The van der Waals surface area contributed by atoms with Crippen LogP contribution >= 0.6 is 0 Å². The van der Waals surface area contributed by atoms with E-state index >= 15 is 0 Å². The van der Waals surface area contributed by atoms with Gasteiger partial charge in [0.2, 0.25) is 0 Å². The molecule has 3 aromatic rings. The smallest absolute Gasteiger partial charge is 0.274 e. The first-order valence-corrected chi connectivity index (χ1v) is 6.57. The third-order valence-corrected chi connectivity index (χ3v) is 3.05. The molecule has 0 unspecified atom stereocenters.